The van der Waals surface area contributed by atoms with Gasteiger partial charge in [-0.3, -0.25) is 4.57 Å². The molecule has 2 aliphatic heterocycles. The van der Waals surface area contributed by atoms with E-state index < -0.39 is 38.5 Å². The fraction of sp³-hybridized carbons (Fsp3) is 0.562. The molecule has 2 saturated heterocycles. The molecule has 4 N–H and O–H groups in total. The number of anilines is 1. The van der Waals surface area contributed by atoms with E-state index in [1.165, 1.54) is 4.68 Å². The number of nitrogens with zero attached hydrogens (tertiary/aromatic N) is 4. The van der Waals surface area contributed by atoms with Crippen molar-refractivity contribution in [1.82, 2.24) is 14.8 Å². The van der Waals surface area contributed by atoms with Gasteiger partial charge in [-0.15, -0.1) is 6.42 Å². The Labute approximate surface area is 299 Å². The van der Waals surface area contributed by atoms with E-state index in [4.69, 9.17) is 65.7 Å². The van der Waals surface area contributed by atoms with Crippen LogP contribution in [0.2, 0.25) is 5.15 Å². The van der Waals surface area contributed by atoms with Crippen molar-refractivity contribution in [2.75, 3.05) is 90.4 Å². The number of hydrogen-bond donors (Lipinski definition) is 4. The van der Waals surface area contributed by atoms with E-state index in [0.29, 0.717) is 88.5 Å². The molecule has 3 aromatic rings. The molecular formula is C32H42ClN4O13P. The van der Waals surface area contributed by atoms with Gasteiger partial charge in [0.2, 0.25) is 0 Å². The van der Waals surface area contributed by atoms with E-state index in [1.54, 1.807) is 12.3 Å². The number of halogens is 1. The predicted octanol–water partition coefficient (Wildman–Crippen LogP) is 1.20. The zero-order valence-corrected chi connectivity index (χ0v) is 29.3. The SMILES string of the molecule is C#CCOCCOCCOCCOCCOc1ccc(OC2CN(c3cc(Cl)nc4c3cnn4[C@@H]3O[C@H](COCP(=O)(O)O)[C@@H](O)[C@H]3O)C2)cc1. The number of pyridine rings is 1. The minimum atomic E-state index is -4.41. The molecule has 0 unspecified atom stereocenters. The van der Waals surface area contributed by atoms with Crippen molar-refractivity contribution in [3.8, 4) is 23.8 Å². The van der Waals surface area contributed by atoms with Crippen LogP contribution in [-0.2, 0) is 33.0 Å². The first-order chi connectivity index (χ1) is 24.6. The van der Waals surface area contributed by atoms with Crippen LogP contribution < -0.4 is 14.4 Å². The summed E-state index contributed by atoms with van der Waals surface area (Å²) in [5.41, 5.74) is 1.08. The quantitative estimate of drug-likeness (QED) is 0.0492. The topological polar surface area (TPSA) is 206 Å². The Morgan fingerprint density at radius 2 is 1.55 bits per heavy atom. The zero-order chi connectivity index (χ0) is 36.2. The van der Waals surface area contributed by atoms with Gasteiger partial charge in [-0.1, -0.05) is 17.5 Å². The van der Waals surface area contributed by atoms with Crippen LogP contribution in [0.1, 0.15) is 6.23 Å². The van der Waals surface area contributed by atoms with Crippen molar-refractivity contribution in [1.29, 1.82) is 0 Å². The summed E-state index contributed by atoms with van der Waals surface area (Å²) in [6, 6.07) is 9.06. The van der Waals surface area contributed by atoms with Crippen molar-refractivity contribution in [3.05, 3.63) is 41.7 Å². The molecule has 2 fully saturated rings. The van der Waals surface area contributed by atoms with Crippen molar-refractivity contribution in [3.63, 3.8) is 0 Å². The smallest absolute Gasteiger partial charge is 0.350 e. The Bertz CT molecular complexity index is 1610. The fourth-order valence-corrected chi connectivity index (χ4v) is 5.83. The third-order valence-electron chi connectivity index (χ3n) is 7.75. The van der Waals surface area contributed by atoms with Gasteiger partial charge < -0.3 is 62.8 Å². The third kappa shape index (κ3) is 11.5. The number of rotatable bonds is 22. The minimum absolute atomic E-state index is 0.0899. The largest absolute Gasteiger partial charge is 0.491 e. The van der Waals surface area contributed by atoms with E-state index in [-0.39, 0.29) is 24.5 Å². The molecule has 51 heavy (non-hydrogen) atoms. The highest BCUT2D eigenvalue weighted by Crippen LogP contribution is 2.38. The number of hydrogen-bond acceptors (Lipinski definition) is 14. The first-order valence-corrected chi connectivity index (χ1v) is 18.4. The number of benzene rings is 1. The molecule has 2 aliphatic rings. The monoisotopic (exact) mass is 756 g/mol. The molecule has 0 saturated carbocycles. The van der Waals surface area contributed by atoms with E-state index >= 15 is 0 Å². The second-order valence-corrected chi connectivity index (χ2v) is 13.5. The number of terminal acetylenes is 1. The lowest BCUT2D eigenvalue weighted by Crippen LogP contribution is -2.54. The predicted molar refractivity (Wildman–Crippen MR) is 182 cm³/mol. The highest BCUT2D eigenvalue weighted by molar-refractivity contribution is 7.51. The summed E-state index contributed by atoms with van der Waals surface area (Å²) >= 11 is 6.38. The second-order valence-electron chi connectivity index (χ2n) is 11.6. The molecular weight excluding hydrogens is 715 g/mol. The zero-order valence-electron chi connectivity index (χ0n) is 27.7. The Balaban J connectivity index is 1.01. The van der Waals surface area contributed by atoms with Crippen LogP contribution in [0, 0.1) is 12.3 Å². The Kier molecular flexibility index (Phi) is 14.7. The normalized spacial score (nSPS) is 20.8. The lowest BCUT2D eigenvalue weighted by Gasteiger charge is -2.41. The van der Waals surface area contributed by atoms with Gasteiger partial charge in [0.15, 0.2) is 11.9 Å². The van der Waals surface area contributed by atoms with Crippen LogP contribution in [0.25, 0.3) is 11.0 Å². The van der Waals surface area contributed by atoms with E-state index in [2.05, 4.69) is 20.9 Å². The molecule has 0 aliphatic carbocycles. The standard InChI is InChI=1S/C32H42ClN4O13P/c1-2-7-43-8-9-44-10-11-45-12-13-46-14-15-48-22-3-5-23(6-4-22)49-24-18-36(19-24)26-16-28(33)35-31-25(26)17-34-37(31)32-30(39)29(38)27(50-32)20-47-21-51(40,41)42/h1,3-6,16-17,24,27,29-30,32,38-39H,7-15,18-21H2,(H2,40,41,42)/t27-,29-,30-,32-/m1/s1. The second kappa shape index (κ2) is 19.1. The number of ether oxygens (including phenoxy) is 8. The summed E-state index contributed by atoms with van der Waals surface area (Å²) in [5.74, 6) is 3.78. The molecule has 19 heteroatoms. The van der Waals surface area contributed by atoms with E-state index in [9.17, 15) is 14.8 Å². The first kappa shape index (κ1) is 39.1. The summed E-state index contributed by atoms with van der Waals surface area (Å²) in [6.07, 6.45) is 0.739. The number of fused-ring (bicyclic) bond motifs is 1. The van der Waals surface area contributed by atoms with Crippen LogP contribution in [0.5, 0.6) is 11.5 Å². The Hall–Kier alpha value is -3.08. The molecule has 0 bridgehead atoms. The highest BCUT2D eigenvalue weighted by atomic mass is 35.5. The summed E-state index contributed by atoms with van der Waals surface area (Å²) in [7, 11) is -4.41. The van der Waals surface area contributed by atoms with Crippen LogP contribution in [0.15, 0.2) is 36.5 Å². The maximum atomic E-state index is 11.1. The maximum Gasteiger partial charge on any atom is 0.350 e. The molecule has 2 aromatic heterocycles. The molecule has 5 rings (SSSR count). The molecule has 0 radical (unpaired) electrons. The summed E-state index contributed by atoms with van der Waals surface area (Å²) in [4.78, 5) is 24.5. The average Bonchev–Trinajstić information content (AvgIpc) is 3.62. The number of aliphatic hydroxyl groups excluding tert-OH is 2. The lowest BCUT2D eigenvalue weighted by atomic mass is 10.1. The van der Waals surface area contributed by atoms with E-state index in [1.807, 2.05) is 24.3 Å². The van der Waals surface area contributed by atoms with Gasteiger partial charge in [0, 0.05) is 0 Å². The molecule has 280 valence electrons. The van der Waals surface area contributed by atoms with Crippen LogP contribution in [-0.4, -0.2) is 145 Å². The molecule has 1 aromatic carbocycles. The third-order valence-corrected chi connectivity index (χ3v) is 8.46. The average molecular weight is 757 g/mol. The van der Waals surface area contributed by atoms with Gasteiger partial charge in [-0.25, -0.2) is 9.67 Å². The molecule has 4 heterocycles. The lowest BCUT2D eigenvalue weighted by molar-refractivity contribution is -0.0658. The number of aliphatic hydroxyl groups is 2. The van der Waals surface area contributed by atoms with Gasteiger partial charge in [0.25, 0.3) is 0 Å². The molecule has 17 nitrogen and oxygen atoms in total. The highest BCUT2D eigenvalue weighted by Gasteiger charge is 2.45. The van der Waals surface area contributed by atoms with Gasteiger partial charge in [0.1, 0.15) is 60.6 Å². The van der Waals surface area contributed by atoms with Gasteiger partial charge >= 0.3 is 7.60 Å². The summed E-state index contributed by atoms with van der Waals surface area (Å²) in [5, 5.41) is 26.4. The van der Waals surface area contributed by atoms with Crippen LogP contribution in [0.4, 0.5) is 5.69 Å². The Morgan fingerprint density at radius 3 is 2.20 bits per heavy atom. The van der Waals surface area contributed by atoms with Crippen molar-refractivity contribution < 1.29 is 62.5 Å². The summed E-state index contributed by atoms with van der Waals surface area (Å²) < 4.78 is 56.5. The van der Waals surface area contributed by atoms with Gasteiger partial charge in [-0.2, -0.15) is 5.10 Å². The van der Waals surface area contributed by atoms with Crippen molar-refractivity contribution >= 4 is 35.9 Å². The maximum absolute atomic E-state index is 11.1. The molecule has 0 spiro atoms. The number of aromatic nitrogens is 3. The van der Waals surface area contributed by atoms with Gasteiger partial charge in [0.05, 0.1) is 83.2 Å². The van der Waals surface area contributed by atoms with Crippen LogP contribution in [0.3, 0.4) is 0 Å². The molecule has 4 atom stereocenters. The van der Waals surface area contributed by atoms with Crippen molar-refractivity contribution in [2.24, 2.45) is 0 Å². The first-order valence-electron chi connectivity index (χ1n) is 16.2. The molecule has 0 amide bonds. The van der Waals surface area contributed by atoms with Gasteiger partial charge in [-0.05, 0) is 30.3 Å². The fourth-order valence-electron chi connectivity index (χ4n) is 5.30. The minimum Gasteiger partial charge on any atom is -0.491 e. The summed E-state index contributed by atoms with van der Waals surface area (Å²) in [6.45, 7) is 4.65. The van der Waals surface area contributed by atoms with Crippen molar-refractivity contribution in [2.45, 2.75) is 30.6 Å². The van der Waals surface area contributed by atoms with Crippen LogP contribution >= 0.6 is 19.2 Å². The Morgan fingerprint density at radius 1 is 0.922 bits per heavy atom. The van der Waals surface area contributed by atoms with E-state index in [0.717, 1.165) is 5.69 Å².